The molecule has 0 aliphatic rings. The van der Waals surface area contributed by atoms with Crippen molar-refractivity contribution in [2.75, 3.05) is 6.26 Å². The number of pyridine rings is 1. The summed E-state index contributed by atoms with van der Waals surface area (Å²) in [6.07, 6.45) is 3.35. The number of thioether (sulfide) groups is 1. The first-order valence-electron chi connectivity index (χ1n) is 3.97. The van der Waals surface area contributed by atoms with Gasteiger partial charge in [-0.1, -0.05) is 13.8 Å². The van der Waals surface area contributed by atoms with Crippen molar-refractivity contribution in [3.05, 3.63) is 23.9 Å². The van der Waals surface area contributed by atoms with Crippen LogP contribution in [0.1, 0.15) is 24.2 Å². The van der Waals surface area contributed by atoms with E-state index < -0.39 is 5.97 Å². The molecule has 1 aromatic heterocycles. The Morgan fingerprint density at radius 1 is 1.54 bits per heavy atom. The molecule has 1 aromatic rings. The van der Waals surface area contributed by atoms with Gasteiger partial charge in [-0.15, -0.1) is 11.8 Å². The minimum Gasteiger partial charge on any atom is -0.478 e. The van der Waals surface area contributed by atoms with Crippen LogP contribution in [0.5, 0.6) is 0 Å². The van der Waals surface area contributed by atoms with Crippen LogP contribution in [0.2, 0.25) is 0 Å². The molecular weight excluding hydrogens is 186 g/mol. The zero-order valence-electron chi connectivity index (χ0n) is 7.94. The van der Waals surface area contributed by atoms with Gasteiger partial charge in [-0.05, 0) is 18.4 Å². The predicted octanol–water partition coefficient (Wildman–Crippen LogP) is 2.53. The molecule has 0 spiro atoms. The number of carbonyl (C=O) groups is 1. The van der Waals surface area contributed by atoms with E-state index in [0.29, 0.717) is 0 Å². The lowest BCUT2D eigenvalue weighted by molar-refractivity contribution is 0.0696. The Hall–Kier alpha value is -1.03. The molecule has 3 nitrogen and oxygen atoms in total. The maximum absolute atomic E-state index is 10.4. The van der Waals surface area contributed by atoms with Crippen molar-refractivity contribution in [3.8, 4) is 0 Å². The summed E-state index contributed by atoms with van der Waals surface area (Å²) in [6, 6.07) is 3.02. The molecule has 0 atom stereocenters. The smallest absolute Gasteiger partial charge is 0.335 e. The van der Waals surface area contributed by atoms with Crippen LogP contribution in [0.25, 0.3) is 0 Å². The van der Waals surface area contributed by atoms with E-state index in [1.54, 1.807) is 6.07 Å². The Balaban J connectivity index is 0.000000671. The molecule has 0 saturated carbocycles. The summed E-state index contributed by atoms with van der Waals surface area (Å²) in [4.78, 5) is 14.4. The molecule has 0 saturated heterocycles. The lowest BCUT2D eigenvalue weighted by Crippen LogP contribution is -1.96. The molecule has 1 heterocycles. The minimum absolute atomic E-state index is 0.282. The van der Waals surface area contributed by atoms with Crippen LogP contribution in [0.4, 0.5) is 0 Å². The van der Waals surface area contributed by atoms with Gasteiger partial charge in [0.2, 0.25) is 0 Å². The maximum Gasteiger partial charge on any atom is 0.335 e. The van der Waals surface area contributed by atoms with E-state index >= 15 is 0 Å². The molecule has 0 unspecified atom stereocenters. The Bertz CT molecular complexity index is 276. The van der Waals surface area contributed by atoms with Gasteiger partial charge in [0.1, 0.15) is 0 Å². The molecule has 1 N–H and O–H groups in total. The number of rotatable bonds is 2. The van der Waals surface area contributed by atoms with E-state index in [1.165, 1.54) is 24.0 Å². The highest BCUT2D eigenvalue weighted by Crippen LogP contribution is 2.11. The second-order valence-corrected chi connectivity index (χ2v) is 2.72. The Morgan fingerprint density at radius 2 is 2.15 bits per heavy atom. The van der Waals surface area contributed by atoms with Gasteiger partial charge >= 0.3 is 5.97 Å². The normalized spacial score (nSPS) is 8.54. The fourth-order valence-electron chi connectivity index (χ4n) is 0.654. The molecule has 0 amide bonds. The summed E-state index contributed by atoms with van der Waals surface area (Å²) in [5, 5.41) is 9.29. The van der Waals surface area contributed by atoms with Crippen LogP contribution in [-0.4, -0.2) is 22.3 Å². The third-order valence-electron chi connectivity index (χ3n) is 1.19. The lowest BCUT2D eigenvalue weighted by Gasteiger charge is -1.95. The number of carboxylic acid groups (broad SMARTS) is 1. The van der Waals surface area contributed by atoms with Gasteiger partial charge in [-0.3, -0.25) is 0 Å². The lowest BCUT2D eigenvalue weighted by atomic mass is 10.3. The van der Waals surface area contributed by atoms with Crippen molar-refractivity contribution in [3.63, 3.8) is 0 Å². The fraction of sp³-hybridized carbons (Fsp3) is 0.333. The number of hydrogen-bond acceptors (Lipinski definition) is 3. The van der Waals surface area contributed by atoms with E-state index in [2.05, 4.69) is 4.98 Å². The van der Waals surface area contributed by atoms with Gasteiger partial charge in [0.25, 0.3) is 0 Å². The third kappa shape index (κ3) is 3.94. The molecule has 1 rings (SSSR count). The van der Waals surface area contributed by atoms with Crippen LogP contribution in [0.15, 0.2) is 23.4 Å². The molecule has 0 aliphatic carbocycles. The van der Waals surface area contributed by atoms with Gasteiger partial charge in [0, 0.05) is 6.20 Å². The molecule has 0 aliphatic heterocycles. The molecule has 0 bridgehead atoms. The molecule has 4 heteroatoms. The van der Waals surface area contributed by atoms with Crippen molar-refractivity contribution in [2.45, 2.75) is 18.9 Å². The summed E-state index contributed by atoms with van der Waals surface area (Å²) < 4.78 is 0. The monoisotopic (exact) mass is 199 g/mol. The summed E-state index contributed by atoms with van der Waals surface area (Å²) in [6.45, 7) is 4.00. The highest BCUT2D eigenvalue weighted by molar-refractivity contribution is 7.98. The Morgan fingerprint density at radius 3 is 2.62 bits per heavy atom. The van der Waals surface area contributed by atoms with E-state index in [4.69, 9.17) is 5.11 Å². The van der Waals surface area contributed by atoms with E-state index in [-0.39, 0.29) is 5.56 Å². The van der Waals surface area contributed by atoms with E-state index in [1.807, 2.05) is 20.1 Å². The number of nitrogens with zero attached hydrogens (tertiary/aromatic N) is 1. The number of aromatic carboxylic acids is 1. The minimum atomic E-state index is -0.914. The van der Waals surface area contributed by atoms with Gasteiger partial charge in [0.05, 0.1) is 10.6 Å². The van der Waals surface area contributed by atoms with Crippen LogP contribution in [0.3, 0.4) is 0 Å². The van der Waals surface area contributed by atoms with Gasteiger partial charge in [-0.2, -0.15) is 0 Å². The second-order valence-electron chi connectivity index (χ2n) is 1.89. The van der Waals surface area contributed by atoms with Gasteiger partial charge in [0.15, 0.2) is 0 Å². The zero-order chi connectivity index (χ0) is 10.3. The van der Waals surface area contributed by atoms with Gasteiger partial charge < -0.3 is 5.11 Å². The van der Waals surface area contributed by atoms with Crippen LogP contribution >= 0.6 is 11.8 Å². The quantitative estimate of drug-likeness (QED) is 0.743. The van der Waals surface area contributed by atoms with Crippen molar-refractivity contribution in [1.29, 1.82) is 0 Å². The van der Waals surface area contributed by atoms with Crippen LogP contribution in [0, 0.1) is 0 Å². The van der Waals surface area contributed by atoms with E-state index in [0.717, 1.165) is 5.03 Å². The molecular formula is C9H13NO2S. The molecule has 72 valence electrons. The number of hydrogen-bond donors (Lipinski definition) is 1. The van der Waals surface area contributed by atoms with Gasteiger partial charge in [-0.25, -0.2) is 9.78 Å². The third-order valence-corrected chi connectivity index (χ3v) is 1.83. The molecule has 0 radical (unpaired) electrons. The standard InChI is InChI=1S/C7H7NO2S.C2H6/c1-11-6-4-5(7(9)10)2-3-8-6;1-2/h2-4H,1H3,(H,9,10);1-2H3. The summed E-state index contributed by atoms with van der Waals surface area (Å²) >= 11 is 1.43. The molecule has 13 heavy (non-hydrogen) atoms. The average Bonchev–Trinajstić information content (AvgIpc) is 2.21. The summed E-state index contributed by atoms with van der Waals surface area (Å²) in [5.74, 6) is -0.914. The molecule has 0 fully saturated rings. The highest BCUT2D eigenvalue weighted by Gasteiger charge is 2.02. The maximum atomic E-state index is 10.4. The van der Waals surface area contributed by atoms with Crippen LogP contribution in [-0.2, 0) is 0 Å². The topological polar surface area (TPSA) is 50.2 Å². The first kappa shape index (κ1) is 12.0. The number of aromatic nitrogens is 1. The summed E-state index contributed by atoms with van der Waals surface area (Å²) in [7, 11) is 0. The first-order valence-corrected chi connectivity index (χ1v) is 5.20. The Labute approximate surface area is 82.2 Å². The van der Waals surface area contributed by atoms with E-state index in [9.17, 15) is 4.79 Å². The first-order chi connectivity index (χ1) is 6.24. The van der Waals surface area contributed by atoms with Crippen LogP contribution < -0.4 is 0 Å². The zero-order valence-corrected chi connectivity index (χ0v) is 8.76. The second kappa shape index (κ2) is 6.48. The summed E-state index contributed by atoms with van der Waals surface area (Å²) in [5.41, 5.74) is 0.282. The average molecular weight is 199 g/mol. The largest absolute Gasteiger partial charge is 0.478 e. The van der Waals surface area contributed by atoms with Crippen molar-refractivity contribution >= 4 is 17.7 Å². The fourth-order valence-corrected chi connectivity index (χ4v) is 1.07. The van der Waals surface area contributed by atoms with Crippen molar-refractivity contribution < 1.29 is 9.90 Å². The number of carboxylic acids is 1. The van der Waals surface area contributed by atoms with Crippen molar-refractivity contribution in [1.82, 2.24) is 4.98 Å². The predicted molar refractivity (Wildman–Crippen MR) is 54.3 cm³/mol. The SMILES string of the molecule is CC.CSc1cc(C(=O)O)ccn1. The highest BCUT2D eigenvalue weighted by atomic mass is 32.2. The van der Waals surface area contributed by atoms with Crippen molar-refractivity contribution in [2.24, 2.45) is 0 Å². The molecule has 0 aromatic carbocycles. The Kier molecular flexibility index (Phi) is 5.97.